The molecule has 0 radical (unpaired) electrons. The predicted molar refractivity (Wildman–Crippen MR) is 184 cm³/mol. The summed E-state index contributed by atoms with van der Waals surface area (Å²) in [6, 6.07) is 35.6. The number of hydrogen-bond donors (Lipinski definition) is 2. The van der Waals surface area contributed by atoms with Gasteiger partial charge in [0, 0.05) is 19.1 Å². The number of benzene rings is 4. The van der Waals surface area contributed by atoms with Crippen molar-refractivity contribution in [1.29, 1.82) is 0 Å². The second-order valence-electron chi connectivity index (χ2n) is 12.2. The standard InChI is InChI=1S/C40H48O8/c1-29-37(41)38(42)36(48-39(29)46-26-12-6-11-25-45-27-30-13-7-4-8-14-30)28-47-40(31-15-9-5-10-16-31,32-17-21-34(43-2)22-18-32)33-19-23-35(44-3)24-20-33/h4-5,7-10,13-24,29,36-39,41-42H,6,11-12,25-28H2,1-3H3. The van der Waals surface area contributed by atoms with Crippen LogP contribution in [0.4, 0.5) is 0 Å². The van der Waals surface area contributed by atoms with E-state index < -0.39 is 36.1 Å². The molecule has 0 spiro atoms. The SMILES string of the molecule is COc1ccc(C(OCC2OC(OCCCCCOCc3ccccc3)C(C)C(O)C2O)(c2ccccc2)c2ccc(OC)cc2)cc1. The summed E-state index contributed by atoms with van der Waals surface area (Å²) in [6.45, 7) is 3.57. The third-order valence-corrected chi connectivity index (χ3v) is 8.97. The average Bonchev–Trinajstić information content (AvgIpc) is 3.14. The van der Waals surface area contributed by atoms with Crippen LogP contribution in [-0.4, -0.2) is 68.9 Å². The fourth-order valence-electron chi connectivity index (χ4n) is 6.13. The molecule has 0 aliphatic carbocycles. The Morgan fingerprint density at radius 3 is 1.77 bits per heavy atom. The molecule has 0 amide bonds. The van der Waals surface area contributed by atoms with E-state index in [1.54, 1.807) is 14.2 Å². The molecule has 4 aromatic rings. The molecular formula is C40H48O8. The van der Waals surface area contributed by atoms with Crippen molar-refractivity contribution in [1.82, 2.24) is 0 Å². The van der Waals surface area contributed by atoms with E-state index in [0.29, 0.717) is 19.8 Å². The minimum absolute atomic E-state index is 0.0173. The van der Waals surface area contributed by atoms with Crippen LogP contribution in [0.5, 0.6) is 11.5 Å². The van der Waals surface area contributed by atoms with Crippen molar-refractivity contribution in [2.45, 2.75) is 63.0 Å². The molecule has 1 fully saturated rings. The lowest BCUT2D eigenvalue weighted by atomic mass is 9.80. The molecule has 1 aliphatic heterocycles. The topological polar surface area (TPSA) is 95.8 Å². The molecule has 0 saturated carbocycles. The summed E-state index contributed by atoms with van der Waals surface area (Å²) in [7, 11) is 3.27. The van der Waals surface area contributed by atoms with Crippen molar-refractivity contribution in [2.24, 2.45) is 5.92 Å². The number of rotatable bonds is 17. The summed E-state index contributed by atoms with van der Waals surface area (Å²) in [5.74, 6) is 1.02. The van der Waals surface area contributed by atoms with Gasteiger partial charge in [-0.2, -0.15) is 0 Å². The Hall–Kier alpha value is -3.76. The predicted octanol–water partition coefficient (Wildman–Crippen LogP) is 6.50. The van der Waals surface area contributed by atoms with E-state index >= 15 is 0 Å². The summed E-state index contributed by atoms with van der Waals surface area (Å²) in [6.07, 6.45) is -1.05. The minimum Gasteiger partial charge on any atom is -0.497 e. The highest BCUT2D eigenvalue weighted by Gasteiger charge is 2.45. The van der Waals surface area contributed by atoms with E-state index in [4.69, 9.17) is 28.4 Å². The Kier molecular flexibility index (Phi) is 13.0. The molecule has 48 heavy (non-hydrogen) atoms. The van der Waals surface area contributed by atoms with Gasteiger partial charge in [-0.25, -0.2) is 0 Å². The highest BCUT2D eigenvalue weighted by atomic mass is 16.7. The molecule has 8 nitrogen and oxygen atoms in total. The van der Waals surface area contributed by atoms with E-state index in [1.807, 2.05) is 104 Å². The van der Waals surface area contributed by atoms with Gasteiger partial charge in [0.2, 0.25) is 0 Å². The molecule has 1 aliphatic rings. The number of hydrogen-bond acceptors (Lipinski definition) is 8. The lowest BCUT2D eigenvalue weighted by molar-refractivity contribution is -0.287. The molecule has 2 N–H and O–H groups in total. The normalized spacial score (nSPS) is 21.1. The largest absolute Gasteiger partial charge is 0.497 e. The highest BCUT2D eigenvalue weighted by molar-refractivity contribution is 5.49. The molecule has 5 rings (SSSR count). The quantitative estimate of drug-likeness (QED) is 0.0983. The molecule has 256 valence electrons. The van der Waals surface area contributed by atoms with E-state index in [9.17, 15) is 10.2 Å². The van der Waals surface area contributed by atoms with Crippen LogP contribution in [-0.2, 0) is 31.2 Å². The Balaban J connectivity index is 1.27. The van der Waals surface area contributed by atoms with E-state index in [2.05, 4.69) is 12.1 Å². The lowest BCUT2D eigenvalue weighted by Crippen LogP contribution is -2.56. The van der Waals surface area contributed by atoms with Crippen molar-refractivity contribution < 1.29 is 38.6 Å². The summed E-state index contributed by atoms with van der Waals surface area (Å²) >= 11 is 0. The second-order valence-corrected chi connectivity index (χ2v) is 12.2. The number of methoxy groups -OCH3 is 2. The molecule has 1 saturated heterocycles. The minimum atomic E-state index is -1.16. The van der Waals surface area contributed by atoms with Crippen molar-refractivity contribution in [3.05, 3.63) is 131 Å². The van der Waals surface area contributed by atoms with E-state index in [1.165, 1.54) is 0 Å². The van der Waals surface area contributed by atoms with Crippen LogP contribution >= 0.6 is 0 Å². The van der Waals surface area contributed by atoms with Gasteiger partial charge in [-0.3, -0.25) is 0 Å². The van der Waals surface area contributed by atoms with Crippen molar-refractivity contribution >= 4 is 0 Å². The summed E-state index contributed by atoms with van der Waals surface area (Å²) in [4.78, 5) is 0. The van der Waals surface area contributed by atoms with Crippen LogP contribution in [0.2, 0.25) is 0 Å². The third kappa shape index (κ3) is 8.63. The van der Waals surface area contributed by atoms with Crippen molar-refractivity contribution in [3.63, 3.8) is 0 Å². The number of unbranched alkanes of at least 4 members (excludes halogenated alkanes) is 2. The van der Waals surface area contributed by atoms with Crippen LogP contribution in [0, 0.1) is 5.92 Å². The molecular weight excluding hydrogens is 608 g/mol. The maximum atomic E-state index is 11.2. The molecule has 1 heterocycles. The van der Waals surface area contributed by atoms with Crippen LogP contribution in [0.15, 0.2) is 109 Å². The van der Waals surface area contributed by atoms with Crippen LogP contribution < -0.4 is 9.47 Å². The average molecular weight is 657 g/mol. The third-order valence-electron chi connectivity index (χ3n) is 8.97. The number of aliphatic hydroxyl groups is 2. The van der Waals surface area contributed by atoms with Gasteiger partial charge in [-0.15, -0.1) is 0 Å². The smallest absolute Gasteiger partial charge is 0.163 e. The highest BCUT2D eigenvalue weighted by Crippen LogP contribution is 2.42. The fourth-order valence-corrected chi connectivity index (χ4v) is 6.13. The van der Waals surface area contributed by atoms with Gasteiger partial charge in [0.15, 0.2) is 6.29 Å². The van der Waals surface area contributed by atoms with Crippen LogP contribution in [0.25, 0.3) is 0 Å². The summed E-state index contributed by atoms with van der Waals surface area (Å²) in [5.41, 5.74) is 2.69. The van der Waals surface area contributed by atoms with Gasteiger partial charge in [0.25, 0.3) is 0 Å². The van der Waals surface area contributed by atoms with Gasteiger partial charge in [-0.05, 0) is 65.8 Å². The Labute approximate surface area is 284 Å². The molecule has 5 atom stereocenters. The van der Waals surface area contributed by atoms with Crippen molar-refractivity contribution in [2.75, 3.05) is 34.0 Å². The maximum absolute atomic E-state index is 11.2. The van der Waals surface area contributed by atoms with Gasteiger partial charge in [-0.1, -0.05) is 91.9 Å². The Bertz CT molecular complexity index is 1430. The first-order valence-corrected chi connectivity index (χ1v) is 16.7. The number of aliphatic hydroxyl groups excluding tert-OH is 2. The van der Waals surface area contributed by atoms with Gasteiger partial charge in [0.1, 0.15) is 29.3 Å². The van der Waals surface area contributed by atoms with Gasteiger partial charge < -0.3 is 38.6 Å². The maximum Gasteiger partial charge on any atom is 0.163 e. The van der Waals surface area contributed by atoms with Crippen molar-refractivity contribution in [3.8, 4) is 11.5 Å². The first kappa shape index (κ1) is 35.5. The summed E-state index contributed by atoms with van der Waals surface area (Å²) < 4.78 is 36.1. The summed E-state index contributed by atoms with van der Waals surface area (Å²) in [5, 5.41) is 22.3. The Morgan fingerprint density at radius 2 is 1.19 bits per heavy atom. The second kappa shape index (κ2) is 17.6. The zero-order valence-corrected chi connectivity index (χ0v) is 28.1. The monoisotopic (exact) mass is 656 g/mol. The molecule has 0 bridgehead atoms. The number of ether oxygens (including phenoxy) is 6. The Morgan fingerprint density at radius 1 is 0.646 bits per heavy atom. The van der Waals surface area contributed by atoms with Gasteiger partial charge >= 0.3 is 0 Å². The van der Waals surface area contributed by atoms with E-state index in [0.717, 1.165) is 53.0 Å². The molecule has 4 aromatic carbocycles. The van der Waals surface area contributed by atoms with E-state index in [-0.39, 0.29) is 6.61 Å². The first-order valence-electron chi connectivity index (χ1n) is 16.7. The lowest BCUT2D eigenvalue weighted by Gasteiger charge is -2.43. The van der Waals surface area contributed by atoms with Gasteiger partial charge in [0.05, 0.1) is 33.5 Å². The molecule has 8 heteroatoms. The first-order chi connectivity index (χ1) is 23.5. The fraction of sp³-hybridized carbons (Fsp3) is 0.400. The van der Waals surface area contributed by atoms with Crippen LogP contribution in [0.3, 0.4) is 0 Å². The zero-order valence-electron chi connectivity index (χ0n) is 28.1. The zero-order chi connectivity index (χ0) is 33.8. The molecule has 5 unspecified atom stereocenters. The van der Waals surface area contributed by atoms with Crippen LogP contribution in [0.1, 0.15) is 48.4 Å². The molecule has 0 aromatic heterocycles.